The number of rotatable bonds is 9. The number of nitrogens with one attached hydrogen (secondary N) is 2. The first-order chi connectivity index (χ1) is 30.3. The summed E-state index contributed by atoms with van der Waals surface area (Å²) in [4.78, 5) is 63.8. The van der Waals surface area contributed by atoms with Crippen LogP contribution in [-0.2, 0) is 9.53 Å². The maximum absolute atomic E-state index is 14.2. The number of phenols is 1. The van der Waals surface area contributed by atoms with E-state index in [2.05, 4.69) is 15.5 Å². The summed E-state index contributed by atoms with van der Waals surface area (Å²) in [5.74, 6) is -6.93. The number of aromatic hydroxyl groups is 1. The number of urea groups is 1. The van der Waals surface area contributed by atoms with E-state index in [1.807, 2.05) is 60.5 Å². The maximum atomic E-state index is 14.2. The number of imide groups is 1. The summed E-state index contributed by atoms with van der Waals surface area (Å²) in [6.45, 7) is 4.23. The van der Waals surface area contributed by atoms with Crippen molar-refractivity contribution in [2.75, 3.05) is 42.6 Å². The molecule has 1 spiro atoms. The number of fused-ring (bicyclic) bond motifs is 1. The van der Waals surface area contributed by atoms with Crippen LogP contribution in [0.25, 0.3) is 22.0 Å². The van der Waals surface area contributed by atoms with Crippen LogP contribution in [0.5, 0.6) is 5.75 Å². The zero-order valence-electron chi connectivity index (χ0n) is 34.7. The normalized spacial score (nSPS) is 21.4. The van der Waals surface area contributed by atoms with Gasteiger partial charge in [0.2, 0.25) is 17.7 Å². The van der Waals surface area contributed by atoms with Crippen molar-refractivity contribution in [2.45, 2.75) is 76.4 Å². The van der Waals surface area contributed by atoms with Crippen molar-refractivity contribution in [3.05, 3.63) is 95.2 Å². The number of hydrogen-bond acceptors (Lipinski definition) is 10. The van der Waals surface area contributed by atoms with E-state index in [-0.39, 0.29) is 49.1 Å². The molecule has 1 saturated carbocycles. The van der Waals surface area contributed by atoms with Gasteiger partial charge < -0.3 is 20.1 Å². The van der Waals surface area contributed by atoms with Crippen LogP contribution in [-0.4, -0.2) is 86.9 Å². The lowest BCUT2D eigenvalue weighted by Gasteiger charge is -2.46. The summed E-state index contributed by atoms with van der Waals surface area (Å²) >= 11 is 0. The van der Waals surface area contributed by atoms with Crippen LogP contribution < -0.4 is 20.4 Å². The van der Waals surface area contributed by atoms with Crippen molar-refractivity contribution in [2.24, 2.45) is 11.8 Å². The SMILES string of the molecule is Cc1ccc(C(=O)C2CCOC3(CCN(c4ncc(-c5ccc6cn([C@H]7CC[C@H](CNC(=O)c8cc(F)c(O)c(F)c8F)CC7)nc6c5)cn4)CC3)C2)cc1N1CCC(=O)NC1=O. The van der Waals surface area contributed by atoms with Crippen molar-refractivity contribution >= 4 is 46.2 Å². The van der Waals surface area contributed by atoms with Crippen molar-refractivity contribution in [3.8, 4) is 16.9 Å². The van der Waals surface area contributed by atoms with E-state index in [9.17, 15) is 37.5 Å². The molecule has 14 nitrogen and oxygen atoms in total. The van der Waals surface area contributed by atoms with Gasteiger partial charge in [-0.2, -0.15) is 9.49 Å². The van der Waals surface area contributed by atoms with Crippen molar-refractivity contribution in [1.29, 1.82) is 0 Å². The number of benzene rings is 3. The largest absolute Gasteiger partial charge is 0.503 e. The molecule has 4 amide bonds. The first-order valence-corrected chi connectivity index (χ1v) is 21.5. The number of piperidine rings is 1. The van der Waals surface area contributed by atoms with E-state index >= 15 is 0 Å². The number of ketones is 1. The Balaban J connectivity index is 0.775. The van der Waals surface area contributed by atoms with E-state index in [4.69, 9.17) is 19.8 Å². The third-order valence-corrected chi connectivity index (χ3v) is 13.3. The van der Waals surface area contributed by atoms with Crippen LogP contribution in [0.2, 0.25) is 0 Å². The van der Waals surface area contributed by atoms with Crippen LogP contribution in [0.1, 0.15) is 90.1 Å². The van der Waals surface area contributed by atoms with E-state index in [0.717, 1.165) is 66.1 Å². The monoisotopic (exact) mass is 864 g/mol. The zero-order chi connectivity index (χ0) is 44.0. The third kappa shape index (κ3) is 8.45. The average molecular weight is 865 g/mol. The Morgan fingerprint density at radius 3 is 2.44 bits per heavy atom. The molecule has 5 aromatic rings. The number of aryl methyl sites for hydroxylation is 1. The Hall–Kier alpha value is -6.36. The lowest BCUT2D eigenvalue weighted by atomic mass is 9.77. The number of carbonyl (C=O) groups excluding carboxylic acids is 4. The molecule has 328 valence electrons. The Morgan fingerprint density at radius 2 is 1.70 bits per heavy atom. The standard InChI is InChI=1S/C46H47F3N8O6/c1-26-2-5-29(19-37(26)56-14-10-38(58)53-45(56)62)41(59)30-11-17-63-46(21-30)12-15-55(16-13-46)44-51-23-32(24-52-44)28-6-7-31-25-57(54-36(31)18-28)33-8-3-27(4-9-33)22-50-43(61)34-20-35(47)42(60)40(49)39(34)48/h2,5-7,18-20,23-25,27,30,33,60H,3-4,8-17,21-22H2,1H3,(H,50,61)(H,53,58,62)/t27-,30?,33-. The second kappa shape index (κ2) is 17.1. The molecule has 3 saturated heterocycles. The molecule has 3 N–H and O–H groups in total. The Morgan fingerprint density at radius 1 is 0.937 bits per heavy atom. The minimum Gasteiger partial charge on any atom is -0.503 e. The highest BCUT2D eigenvalue weighted by molar-refractivity contribution is 6.07. The van der Waals surface area contributed by atoms with Crippen LogP contribution in [0.4, 0.5) is 29.6 Å². The Kier molecular flexibility index (Phi) is 11.4. The molecule has 0 bridgehead atoms. The second-order valence-electron chi connectivity index (χ2n) is 17.3. The first kappa shape index (κ1) is 42.0. The maximum Gasteiger partial charge on any atom is 0.328 e. The van der Waals surface area contributed by atoms with Gasteiger partial charge in [0.1, 0.15) is 0 Å². The Labute approximate surface area is 360 Å². The summed E-state index contributed by atoms with van der Waals surface area (Å²) in [6.07, 6.45) is 11.7. The fourth-order valence-electron chi connectivity index (χ4n) is 9.53. The Bertz CT molecular complexity index is 2600. The molecule has 1 aliphatic carbocycles. The van der Waals surface area contributed by atoms with Crippen LogP contribution in [0, 0.1) is 36.2 Å². The average Bonchev–Trinajstić information content (AvgIpc) is 3.73. The highest BCUT2D eigenvalue weighted by Gasteiger charge is 2.43. The van der Waals surface area contributed by atoms with Gasteiger partial charge in [-0.25, -0.2) is 23.5 Å². The van der Waals surface area contributed by atoms with Crippen molar-refractivity contribution in [1.82, 2.24) is 30.4 Å². The molecule has 2 aromatic heterocycles. The lowest BCUT2D eigenvalue weighted by molar-refractivity contribution is -0.120. The van der Waals surface area contributed by atoms with Gasteiger partial charge in [0.05, 0.1) is 22.7 Å². The molecule has 17 heteroatoms. The molecule has 9 rings (SSSR count). The van der Waals surface area contributed by atoms with Crippen molar-refractivity contribution in [3.63, 3.8) is 0 Å². The predicted octanol–water partition coefficient (Wildman–Crippen LogP) is 7.18. The van der Waals surface area contributed by atoms with Gasteiger partial charge in [-0.05, 0) is 93.5 Å². The first-order valence-electron chi connectivity index (χ1n) is 21.5. The van der Waals surface area contributed by atoms with Gasteiger partial charge >= 0.3 is 6.03 Å². The minimum absolute atomic E-state index is 0.0382. The van der Waals surface area contributed by atoms with E-state index in [1.54, 1.807) is 6.07 Å². The molecule has 5 heterocycles. The topological polar surface area (TPSA) is 172 Å². The molecule has 4 fully saturated rings. The smallest absolute Gasteiger partial charge is 0.328 e. The molecule has 63 heavy (non-hydrogen) atoms. The summed E-state index contributed by atoms with van der Waals surface area (Å²) in [5, 5.41) is 20.1. The lowest BCUT2D eigenvalue weighted by Crippen LogP contribution is -2.50. The fraction of sp³-hybridized carbons (Fsp3) is 0.413. The number of halogens is 3. The predicted molar refractivity (Wildman–Crippen MR) is 226 cm³/mol. The van der Waals surface area contributed by atoms with E-state index < -0.39 is 46.3 Å². The number of nitrogens with zero attached hydrogens (tertiary/aromatic N) is 6. The molecule has 1 atom stereocenters. The second-order valence-corrected chi connectivity index (χ2v) is 17.3. The van der Waals surface area contributed by atoms with Gasteiger partial charge in [0.15, 0.2) is 23.2 Å². The zero-order valence-corrected chi connectivity index (χ0v) is 34.7. The number of phenolic OH excluding ortho intramolecular Hbond substituents is 1. The summed E-state index contributed by atoms with van der Waals surface area (Å²) in [6, 6.07) is 11.7. The van der Waals surface area contributed by atoms with Gasteiger partial charge in [0, 0.05) is 85.9 Å². The number of ether oxygens (including phenoxy) is 1. The van der Waals surface area contributed by atoms with Gasteiger partial charge in [-0.1, -0.05) is 24.3 Å². The summed E-state index contributed by atoms with van der Waals surface area (Å²) in [5.41, 5.74) is 3.45. The molecule has 1 unspecified atom stereocenters. The molecule has 3 aromatic carbocycles. The van der Waals surface area contributed by atoms with Crippen molar-refractivity contribution < 1.29 is 42.2 Å². The number of carbonyl (C=O) groups is 4. The summed E-state index contributed by atoms with van der Waals surface area (Å²) in [7, 11) is 0. The van der Waals surface area contributed by atoms with Gasteiger partial charge in [-0.3, -0.25) is 29.3 Å². The third-order valence-electron chi connectivity index (χ3n) is 13.3. The van der Waals surface area contributed by atoms with Crippen LogP contribution in [0.3, 0.4) is 0 Å². The molecular formula is C46H47F3N8O6. The van der Waals surface area contributed by atoms with Crippen LogP contribution >= 0.6 is 0 Å². The van der Waals surface area contributed by atoms with E-state index in [1.165, 1.54) is 4.90 Å². The van der Waals surface area contributed by atoms with E-state index in [0.29, 0.717) is 55.8 Å². The quantitative estimate of drug-likeness (QED) is 0.102. The molecule has 4 aliphatic rings. The molecule has 0 radical (unpaired) electrons. The number of aromatic nitrogens is 4. The number of amides is 4. The number of anilines is 2. The molecular weight excluding hydrogens is 818 g/mol. The van der Waals surface area contributed by atoms with Crippen LogP contribution in [0.15, 0.2) is 61.1 Å². The minimum atomic E-state index is -1.79. The highest BCUT2D eigenvalue weighted by Crippen LogP contribution is 2.40. The number of hydrogen-bond donors (Lipinski definition) is 3. The highest BCUT2D eigenvalue weighted by atomic mass is 19.2. The fourth-order valence-corrected chi connectivity index (χ4v) is 9.53. The van der Waals surface area contributed by atoms with Gasteiger partial charge in [-0.15, -0.1) is 0 Å². The molecule has 3 aliphatic heterocycles. The number of Topliss-reactive ketones (excluding diaryl/α,β-unsaturated/α-hetero) is 1. The van der Waals surface area contributed by atoms with Gasteiger partial charge in [0.25, 0.3) is 5.91 Å². The summed E-state index contributed by atoms with van der Waals surface area (Å²) < 4.78 is 50.0.